The Kier molecular flexibility index (Phi) is 4.27. The highest BCUT2D eigenvalue weighted by Crippen LogP contribution is 2.16. The number of hydrogen-bond acceptors (Lipinski definition) is 3. The molecule has 102 valence electrons. The topological polar surface area (TPSA) is 66.4 Å². The Labute approximate surface area is 117 Å². The molecule has 0 bridgehead atoms. The molecule has 0 saturated carbocycles. The van der Waals surface area contributed by atoms with E-state index in [0.29, 0.717) is 16.8 Å². The van der Waals surface area contributed by atoms with Gasteiger partial charge in [0.15, 0.2) is 11.9 Å². The van der Waals surface area contributed by atoms with Crippen LogP contribution in [0.1, 0.15) is 28.9 Å². The summed E-state index contributed by atoms with van der Waals surface area (Å²) in [6, 6.07) is 15.3. The normalized spacial score (nSPS) is 11.7. The molecule has 0 spiro atoms. The van der Waals surface area contributed by atoms with E-state index in [-0.39, 0.29) is 5.78 Å². The third kappa shape index (κ3) is 3.30. The molecule has 0 radical (unpaired) electrons. The predicted molar refractivity (Wildman–Crippen MR) is 76.5 cm³/mol. The van der Waals surface area contributed by atoms with Crippen molar-refractivity contribution < 1.29 is 14.7 Å². The monoisotopic (exact) mass is 269 g/mol. The average molecular weight is 269 g/mol. The van der Waals surface area contributed by atoms with Crippen LogP contribution in [0.15, 0.2) is 54.6 Å². The van der Waals surface area contributed by atoms with E-state index in [4.69, 9.17) is 0 Å². The number of amides is 1. The maximum absolute atomic E-state index is 11.9. The molecule has 20 heavy (non-hydrogen) atoms. The number of aliphatic hydroxyl groups is 1. The van der Waals surface area contributed by atoms with Crippen molar-refractivity contribution >= 4 is 17.4 Å². The molecule has 0 aliphatic heterocycles. The fourth-order valence-electron chi connectivity index (χ4n) is 1.81. The van der Waals surface area contributed by atoms with Crippen LogP contribution in [0.3, 0.4) is 0 Å². The first-order chi connectivity index (χ1) is 9.58. The maximum atomic E-state index is 11.9. The first kappa shape index (κ1) is 14.0. The highest BCUT2D eigenvalue weighted by molar-refractivity contribution is 5.98. The van der Waals surface area contributed by atoms with Gasteiger partial charge in [0.2, 0.25) is 0 Å². The third-order valence-corrected chi connectivity index (χ3v) is 2.90. The molecule has 2 rings (SSSR count). The van der Waals surface area contributed by atoms with E-state index in [1.165, 1.54) is 6.92 Å². The Hall–Kier alpha value is -2.46. The molecule has 2 aromatic rings. The van der Waals surface area contributed by atoms with Crippen LogP contribution >= 0.6 is 0 Å². The van der Waals surface area contributed by atoms with E-state index >= 15 is 0 Å². The first-order valence-electron chi connectivity index (χ1n) is 6.23. The number of aliphatic hydroxyl groups excluding tert-OH is 1. The zero-order valence-corrected chi connectivity index (χ0v) is 11.0. The van der Waals surface area contributed by atoms with Crippen molar-refractivity contribution in [3.8, 4) is 0 Å². The number of anilines is 1. The number of carbonyl (C=O) groups excluding carboxylic acids is 2. The average Bonchev–Trinajstić information content (AvgIpc) is 2.47. The lowest BCUT2D eigenvalue weighted by Crippen LogP contribution is -2.20. The highest BCUT2D eigenvalue weighted by Gasteiger charge is 2.17. The van der Waals surface area contributed by atoms with Gasteiger partial charge in [-0.3, -0.25) is 9.59 Å². The number of nitrogens with one attached hydrogen (secondary N) is 1. The molecule has 0 fully saturated rings. The van der Waals surface area contributed by atoms with Gasteiger partial charge < -0.3 is 10.4 Å². The van der Waals surface area contributed by atoms with Crippen LogP contribution in [0.2, 0.25) is 0 Å². The molecule has 0 saturated heterocycles. The zero-order valence-electron chi connectivity index (χ0n) is 11.0. The largest absolute Gasteiger partial charge is 0.378 e. The minimum absolute atomic E-state index is 0.0790. The third-order valence-electron chi connectivity index (χ3n) is 2.90. The quantitative estimate of drug-likeness (QED) is 0.838. The van der Waals surface area contributed by atoms with Crippen LogP contribution < -0.4 is 5.32 Å². The molecule has 4 nitrogen and oxygen atoms in total. The Morgan fingerprint density at radius 1 is 1.05 bits per heavy atom. The molecule has 4 heteroatoms. The van der Waals surface area contributed by atoms with Crippen molar-refractivity contribution in [2.45, 2.75) is 13.0 Å². The summed E-state index contributed by atoms with van der Waals surface area (Å²) in [4.78, 5) is 23.2. The van der Waals surface area contributed by atoms with E-state index in [9.17, 15) is 14.7 Å². The van der Waals surface area contributed by atoms with Crippen molar-refractivity contribution in [3.63, 3.8) is 0 Å². The van der Waals surface area contributed by atoms with E-state index < -0.39 is 12.0 Å². The van der Waals surface area contributed by atoms with Crippen LogP contribution in [-0.2, 0) is 4.79 Å². The number of rotatable bonds is 4. The molecule has 0 aliphatic rings. The lowest BCUT2D eigenvalue weighted by Gasteiger charge is -2.12. The molecule has 2 N–H and O–H groups in total. The van der Waals surface area contributed by atoms with Crippen LogP contribution in [0.5, 0.6) is 0 Å². The van der Waals surface area contributed by atoms with Gasteiger partial charge in [-0.15, -0.1) is 0 Å². The number of Topliss-reactive ketones (excluding diaryl/α,β-unsaturated/α-hetero) is 1. The van der Waals surface area contributed by atoms with E-state index in [1.54, 1.807) is 48.5 Å². The first-order valence-corrected chi connectivity index (χ1v) is 6.23. The molecule has 0 aromatic heterocycles. The number of benzene rings is 2. The summed E-state index contributed by atoms with van der Waals surface area (Å²) in [7, 11) is 0. The fourth-order valence-corrected chi connectivity index (χ4v) is 1.81. The summed E-state index contributed by atoms with van der Waals surface area (Å²) in [5.74, 6) is -0.610. The van der Waals surface area contributed by atoms with Gasteiger partial charge >= 0.3 is 0 Å². The van der Waals surface area contributed by atoms with Crippen LogP contribution in [-0.4, -0.2) is 16.8 Å². The second-order valence-electron chi connectivity index (χ2n) is 4.44. The minimum Gasteiger partial charge on any atom is -0.378 e. The van der Waals surface area contributed by atoms with Crippen LogP contribution in [0, 0.1) is 0 Å². The standard InChI is InChI=1S/C16H15NO3/c1-11(18)13-8-5-9-14(10-13)17-16(20)15(19)12-6-3-2-4-7-12/h2-10,15,19H,1H3,(H,17,20)/t15-/m1/s1. The molecule has 0 unspecified atom stereocenters. The Balaban J connectivity index is 2.12. The van der Waals surface area contributed by atoms with Crippen molar-refractivity contribution in [2.75, 3.05) is 5.32 Å². The van der Waals surface area contributed by atoms with Gasteiger partial charge in [-0.1, -0.05) is 42.5 Å². The second kappa shape index (κ2) is 6.12. The Bertz CT molecular complexity index is 623. The van der Waals surface area contributed by atoms with E-state index in [2.05, 4.69) is 5.32 Å². The van der Waals surface area contributed by atoms with Gasteiger partial charge in [-0.25, -0.2) is 0 Å². The predicted octanol–water partition coefficient (Wildman–Crippen LogP) is 2.56. The fraction of sp³-hybridized carbons (Fsp3) is 0.125. The number of hydrogen-bond donors (Lipinski definition) is 2. The Morgan fingerprint density at radius 3 is 2.40 bits per heavy atom. The summed E-state index contributed by atoms with van der Waals surface area (Å²) in [6.45, 7) is 1.46. The Morgan fingerprint density at radius 2 is 1.75 bits per heavy atom. The highest BCUT2D eigenvalue weighted by atomic mass is 16.3. The minimum atomic E-state index is -1.24. The number of ketones is 1. The molecule has 0 aliphatic carbocycles. The smallest absolute Gasteiger partial charge is 0.257 e. The summed E-state index contributed by atoms with van der Waals surface area (Å²) in [5, 5.41) is 12.5. The van der Waals surface area contributed by atoms with Crippen molar-refractivity contribution in [3.05, 3.63) is 65.7 Å². The SMILES string of the molecule is CC(=O)c1cccc(NC(=O)[C@H](O)c2ccccc2)c1. The maximum Gasteiger partial charge on any atom is 0.257 e. The van der Waals surface area contributed by atoms with Gasteiger partial charge in [0.25, 0.3) is 5.91 Å². The van der Waals surface area contributed by atoms with Crippen molar-refractivity contribution in [1.82, 2.24) is 0 Å². The van der Waals surface area contributed by atoms with E-state index in [0.717, 1.165) is 0 Å². The molecular formula is C16H15NO3. The van der Waals surface area contributed by atoms with Gasteiger partial charge in [0.1, 0.15) is 0 Å². The van der Waals surface area contributed by atoms with Gasteiger partial charge in [0, 0.05) is 11.3 Å². The van der Waals surface area contributed by atoms with Crippen LogP contribution in [0.25, 0.3) is 0 Å². The van der Waals surface area contributed by atoms with Crippen LogP contribution in [0.4, 0.5) is 5.69 Å². The molecule has 1 amide bonds. The van der Waals surface area contributed by atoms with Gasteiger partial charge in [-0.2, -0.15) is 0 Å². The van der Waals surface area contributed by atoms with Gasteiger partial charge in [0.05, 0.1) is 0 Å². The summed E-state index contributed by atoms with van der Waals surface area (Å²) < 4.78 is 0. The lowest BCUT2D eigenvalue weighted by atomic mass is 10.1. The van der Waals surface area contributed by atoms with Crippen molar-refractivity contribution in [1.29, 1.82) is 0 Å². The summed E-state index contributed by atoms with van der Waals surface area (Å²) >= 11 is 0. The lowest BCUT2D eigenvalue weighted by molar-refractivity contribution is -0.124. The summed E-state index contributed by atoms with van der Waals surface area (Å²) in [5.41, 5.74) is 1.52. The molecule has 0 heterocycles. The summed E-state index contributed by atoms with van der Waals surface area (Å²) in [6.07, 6.45) is -1.24. The zero-order chi connectivity index (χ0) is 14.5. The van der Waals surface area contributed by atoms with Crippen molar-refractivity contribution in [2.24, 2.45) is 0 Å². The second-order valence-corrected chi connectivity index (χ2v) is 4.44. The van der Waals surface area contributed by atoms with Gasteiger partial charge in [-0.05, 0) is 24.6 Å². The number of carbonyl (C=O) groups is 2. The van der Waals surface area contributed by atoms with E-state index in [1.807, 2.05) is 6.07 Å². The molecule has 2 aromatic carbocycles. The molecule has 1 atom stereocenters. The molecular weight excluding hydrogens is 254 g/mol.